The molecule has 2 amide bonds. The van der Waals surface area contributed by atoms with E-state index in [-0.39, 0.29) is 11.4 Å². The topological polar surface area (TPSA) is 67.4 Å². The quantitative estimate of drug-likeness (QED) is 0.827. The molecule has 0 saturated heterocycles. The van der Waals surface area contributed by atoms with Crippen LogP contribution in [0.25, 0.3) is 0 Å². The Labute approximate surface area is 117 Å². The monoisotopic (exact) mass is 274 g/mol. The largest absolute Gasteiger partial charge is 0.444 e. The Bertz CT molecular complexity index is 598. The Morgan fingerprint density at radius 3 is 2.65 bits per heavy atom. The highest BCUT2D eigenvalue weighted by atomic mass is 16.6. The van der Waals surface area contributed by atoms with Crippen LogP contribution in [0.2, 0.25) is 0 Å². The summed E-state index contributed by atoms with van der Waals surface area (Å²) < 4.78 is 5.22. The van der Waals surface area contributed by atoms with E-state index in [1.807, 2.05) is 26.8 Å². The van der Waals surface area contributed by atoms with Crippen molar-refractivity contribution in [2.75, 3.05) is 5.32 Å². The van der Waals surface area contributed by atoms with Crippen LogP contribution in [0.15, 0.2) is 18.2 Å². The normalized spacial score (nSPS) is 18.4. The van der Waals surface area contributed by atoms with Crippen molar-refractivity contribution in [3.63, 3.8) is 0 Å². The van der Waals surface area contributed by atoms with Crippen molar-refractivity contribution in [1.82, 2.24) is 5.32 Å². The van der Waals surface area contributed by atoms with Crippen molar-refractivity contribution in [3.05, 3.63) is 29.3 Å². The average molecular weight is 274 g/mol. The molecule has 2 aliphatic rings. The summed E-state index contributed by atoms with van der Waals surface area (Å²) in [6.45, 7) is 5.45. The number of rotatable bonds is 1. The highest BCUT2D eigenvalue weighted by Crippen LogP contribution is 2.50. The third-order valence-corrected chi connectivity index (χ3v) is 3.53. The van der Waals surface area contributed by atoms with E-state index in [9.17, 15) is 9.59 Å². The van der Waals surface area contributed by atoms with E-state index in [1.165, 1.54) is 0 Å². The summed E-state index contributed by atoms with van der Waals surface area (Å²) in [5, 5.41) is 5.71. The molecular formula is C15H18N2O3. The molecule has 1 aliphatic heterocycles. The number of anilines is 1. The molecule has 1 spiro atoms. The van der Waals surface area contributed by atoms with Gasteiger partial charge in [0.25, 0.3) is 5.91 Å². The zero-order valence-corrected chi connectivity index (χ0v) is 11.9. The molecule has 3 rings (SSSR count). The number of carbonyl (C=O) groups excluding carboxylic acids is 2. The molecule has 20 heavy (non-hydrogen) atoms. The first-order chi connectivity index (χ1) is 9.29. The van der Waals surface area contributed by atoms with Crippen molar-refractivity contribution >= 4 is 17.7 Å². The molecule has 0 atom stereocenters. The van der Waals surface area contributed by atoms with Crippen LogP contribution in [-0.4, -0.2) is 17.6 Å². The van der Waals surface area contributed by atoms with Gasteiger partial charge in [0.1, 0.15) is 5.60 Å². The summed E-state index contributed by atoms with van der Waals surface area (Å²) in [5.74, 6) is -0.0266. The lowest BCUT2D eigenvalue weighted by atomic mass is 10.0. The fourth-order valence-corrected chi connectivity index (χ4v) is 2.51. The predicted molar refractivity (Wildman–Crippen MR) is 74.7 cm³/mol. The summed E-state index contributed by atoms with van der Waals surface area (Å²) in [6.07, 6.45) is 1.43. The number of benzene rings is 1. The minimum Gasteiger partial charge on any atom is -0.444 e. The summed E-state index contributed by atoms with van der Waals surface area (Å²) >= 11 is 0. The number of hydrogen-bond donors (Lipinski definition) is 2. The third kappa shape index (κ3) is 2.24. The van der Waals surface area contributed by atoms with Crippen molar-refractivity contribution < 1.29 is 14.3 Å². The lowest BCUT2D eigenvalue weighted by Crippen LogP contribution is -2.27. The SMILES string of the molecule is CC(C)(C)OC(=O)Nc1ccc2c(c1)C1(CC1)NC2=O. The molecule has 1 heterocycles. The number of ether oxygens (including phenoxy) is 1. The van der Waals surface area contributed by atoms with Gasteiger partial charge >= 0.3 is 6.09 Å². The maximum absolute atomic E-state index is 11.8. The van der Waals surface area contributed by atoms with Gasteiger partial charge < -0.3 is 10.1 Å². The van der Waals surface area contributed by atoms with Gasteiger partial charge in [-0.3, -0.25) is 10.1 Å². The van der Waals surface area contributed by atoms with Gasteiger partial charge in [0.05, 0.1) is 5.54 Å². The van der Waals surface area contributed by atoms with Gasteiger partial charge in [-0.2, -0.15) is 0 Å². The average Bonchev–Trinajstić information content (AvgIpc) is 3.01. The van der Waals surface area contributed by atoms with Gasteiger partial charge in [-0.05, 0) is 57.4 Å². The zero-order valence-electron chi connectivity index (χ0n) is 11.9. The third-order valence-electron chi connectivity index (χ3n) is 3.53. The van der Waals surface area contributed by atoms with Crippen molar-refractivity contribution in [2.45, 2.75) is 44.8 Å². The first-order valence-electron chi connectivity index (χ1n) is 6.76. The van der Waals surface area contributed by atoms with Gasteiger partial charge in [0.15, 0.2) is 0 Å². The van der Waals surface area contributed by atoms with Crippen LogP contribution < -0.4 is 10.6 Å². The molecule has 1 aliphatic carbocycles. The van der Waals surface area contributed by atoms with Gasteiger partial charge in [-0.1, -0.05) is 0 Å². The lowest BCUT2D eigenvalue weighted by Gasteiger charge is -2.20. The second-order valence-corrected chi connectivity index (χ2v) is 6.42. The van der Waals surface area contributed by atoms with Gasteiger partial charge in [0, 0.05) is 11.3 Å². The Morgan fingerprint density at radius 2 is 2.05 bits per heavy atom. The maximum Gasteiger partial charge on any atom is 0.412 e. The molecule has 5 nitrogen and oxygen atoms in total. The summed E-state index contributed by atoms with van der Waals surface area (Å²) in [6, 6.07) is 5.35. The number of nitrogens with one attached hydrogen (secondary N) is 2. The molecular weight excluding hydrogens is 256 g/mol. The van der Waals surface area contributed by atoms with Gasteiger partial charge in [-0.25, -0.2) is 4.79 Å². The molecule has 1 aromatic carbocycles. The standard InChI is InChI=1S/C15H18N2O3/c1-14(2,3)20-13(19)16-9-4-5-10-11(8-9)15(6-7-15)17-12(10)18/h4-5,8H,6-7H2,1-3H3,(H,16,19)(H,17,18). The summed E-state index contributed by atoms with van der Waals surface area (Å²) in [5.41, 5.74) is 1.63. The molecule has 2 N–H and O–H groups in total. The van der Waals surface area contributed by atoms with E-state index in [0.717, 1.165) is 18.4 Å². The molecule has 5 heteroatoms. The van der Waals surface area contributed by atoms with E-state index < -0.39 is 11.7 Å². The maximum atomic E-state index is 11.8. The van der Waals surface area contributed by atoms with Crippen LogP contribution >= 0.6 is 0 Å². The first kappa shape index (κ1) is 13.0. The second-order valence-electron chi connectivity index (χ2n) is 6.42. The van der Waals surface area contributed by atoms with Crippen LogP contribution in [0.5, 0.6) is 0 Å². The summed E-state index contributed by atoms with van der Waals surface area (Å²) in [7, 11) is 0. The Balaban J connectivity index is 1.80. The van der Waals surface area contributed by atoms with Crippen LogP contribution in [0.1, 0.15) is 49.5 Å². The minimum atomic E-state index is -0.532. The Kier molecular flexibility index (Phi) is 2.58. The number of carbonyl (C=O) groups is 2. The second kappa shape index (κ2) is 3.98. The van der Waals surface area contributed by atoms with Gasteiger partial charge in [0.2, 0.25) is 0 Å². The van der Waals surface area contributed by atoms with E-state index in [0.29, 0.717) is 11.3 Å². The molecule has 0 bridgehead atoms. The highest BCUT2D eigenvalue weighted by Gasteiger charge is 2.52. The van der Waals surface area contributed by atoms with Crippen molar-refractivity contribution in [1.29, 1.82) is 0 Å². The number of amides is 2. The molecule has 0 aromatic heterocycles. The fraction of sp³-hybridized carbons (Fsp3) is 0.467. The Hall–Kier alpha value is -2.04. The van der Waals surface area contributed by atoms with E-state index in [4.69, 9.17) is 4.74 Å². The van der Waals surface area contributed by atoms with Crippen LogP contribution in [-0.2, 0) is 10.3 Å². The van der Waals surface area contributed by atoms with Gasteiger partial charge in [-0.15, -0.1) is 0 Å². The number of fused-ring (bicyclic) bond motifs is 2. The molecule has 1 saturated carbocycles. The fourth-order valence-electron chi connectivity index (χ4n) is 2.51. The van der Waals surface area contributed by atoms with Crippen LogP contribution in [0, 0.1) is 0 Å². The molecule has 1 aromatic rings. The van der Waals surface area contributed by atoms with E-state index in [2.05, 4.69) is 10.6 Å². The zero-order chi connectivity index (χ0) is 14.5. The Morgan fingerprint density at radius 1 is 1.35 bits per heavy atom. The van der Waals surface area contributed by atoms with E-state index in [1.54, 1.807) is 12.1 Å². The van der Waals surface area contributed by atoms with Crippen LogP contribution in [0.4, 0.5) is 10.5 Å². The molecule has 106 valence electrons. The molecule has 0 unspecified atom stereocenters. The first-order valence-corrected chi connectivity index (χ1v) is 6.76. The van der Waals surface area contributed by atoms with Crippen molar-refractivity contribution in [3.8, 4) is 0 Å². The lowest BCUT2D eigenvalue weighted by molar-refractivity contribution is 0.0635. The van der Waals surface area contributed by atoms with Crippen molar-refractivity contribution in [2.24, 2.45) is 0 Å². The highest BCUT2D eigenvalue weighted by molar-refractivity contribution is 6.01. The van der Waals surface area contributed by atoms with Crippen LogP contribution in [0.3, 0.4) is 0 Å². The smallest absolute Gasteiger partial charge is 0.412 e. The predicted octanol–water partition coefficient (Wildman–Crippen LogP) is 2.77. The molecule has 1 fully saturated rings. The van der Waals surface area contributed by atoms with E-state index >= 15 is 0 Å². The summed E-state index contributed by atoms with van der Waals surface area (Å²) in [4.78, 5) is 23.6. The minimum absolute atomic E-state index is 0.0266. The number of hydrogen-bond acceptors (Lipinski definition) is 3. The molecule has 0 radical (unpaired) electrons.